The maximum Gasteiger partial charge on any atom is 0.326 e. The van der Waals surface area contributed by atoms with Crippen LogP contribution in [-0.4, -0.2) is 34.2 Å². The molecule has 1 atom stereocenters. The van der Waals surface area contributed by atoms with Crippen LogP contribution in [0.4, 0.5) is 4.79 Å². The van der Waals surface area contributed by atoms with E-state index in [4.69, 9.17) is 10.2 Å². The number of aliphatic carboxylic acids is 2. The summed E-state index contributed by atoms with van der Waals surface area (Å²) < 4.78 is 0.907. The molecule has 4 N–H and O–H groups in total. The molecule has 20 heavy (non-hydrogen) atoms. The minimum absolute atomic E-state index is 0.164. The first kappa shape index (κ1) is 16.4. The molecule has 1 rings (SSSR count). The number of hydrogen-bond donors (Lipinski definition) is 4. The van der Waals surface area contributed by atoms with Gasteiger partial charge in [0.25, 0.3) is 0 Å². The molecule has 0 aliphatic heterocycles. The Balaban J connectivity index is 2.41. The molecule has 2 amide bonds. The number of carboxylic acids is 2. The number of carboxylic acid groups (broad SMARTS) is 2. The van der Waals surface area contributed by atoms with Crippen molar-refractivity contribution in [2.75, 3.05) is 0 Å². The van der Waals surface area contributed by atoms with Gasteiger partial charge in [-0.1, -0.05) is 0 Å². The van der Waals surface area contributed by atoms with Gasteiger partial charge in [0.1, 0.15) is 6.04 Å². The molecular formula is C11H13BrN2O5S. The lowest BCUT2D eigenvalue weighted by atomic mass is 10.1. The van der Waals surface area contributed by atoms with Gasteiger partial charge in [-0.25, -0.2) is 9.59 Å². The Kier molecular flexibility index (Phi) is 6.46. The zero-order valence-corrected chi connectivity index (χ0v) is 12.7. The van der Waals surface area contributed by atoms with Crippen molar-refractivity contribution in [2.24, 2.45) is 0 Å². The lowest BCUT2D eigenvalue weighted by Crippen LogP contribution is -2.45. The van der Waals surface area contributed by atoms with Crippen LogP contribution < -0.4 is 10.6 Å². The molecule has 7 nitrogen and oxygen atoms in total. The highest BCUT2D eigenvalue weighted by Gasteiger charge is 2.20. The summed E-state index contributed by atoms with van der Waals surface area (Å²) in [7, 11) is 0. The average molecular weight is 365 g/mol. The highest BCUT2D eigenvalue weighted by molar-refractivity contribution is 9.10. The van der Waals surface area contributed by atoms with E-state index in [-0.39, 0.29) is 19.4 Å². The van der Waals surface area contributed by atoms with E-state index in [0.29, 0.717) is 0 Å². The number of halogens is 1. The summed E-state index contributed by atoms with van der Waals surface area (Å²) in [6.07, 6.45) is -0.488. The van der Waals surface area contributed by atoms with Crippen LogP contribution in [0.3, 0.4) is 0 Å². The van der Waals surface area contributed by atoms with Gasteiger partial charge < -0.3 is 20.8 Å². The Morgan fingerprint density at radius 1 is 1.35 bits per heavy atom. The largest absolute Gasteiger partial charge is 0.481 e. The van der Waals surface area contributed by atoms with Crippen molar-refractivity contribution in [2.45, 2.75) is 25.4 Å². The predicted molar refractivity (Wildman–Crippen MR) is 75.7 cm³/mol. The number of nitrogens with one attached hydrogen (secondary N) is 2. The number of rotatable bonds is 7. The first-order chi connectivity index (χ1) is 9.38. The van der Waals surface area contributed by atoms with Gasteiger partial charge in [0.15, 0.2) is 0 Å². The third-order valence-electron chi connectivity index (χ3n) is 2.30. The van der Waals surface area contributed by atoms with Gasteiger partial charge in [0.2, 0.25) is 0 Å². The number of thiophene rings is 1. The van der Waals surface area contributed by atoms with Gasteiger partial charge in [0.05, 0.1) is 6.54 Å². The van der Waals surface area contributed by atoms with E-state index >= 15 is 0 Å². The zero-order chi connectivity index (χ0) is 15.1. The molecule has 0 fully saturated rings. The van der Waals surface area contributed by atoms with E-state index < -0.39 is 24.0 Å². The van der Waals surface area contributed by atoms with E-state index in [1.54, 1.807) is 0 Å². The van der Waals surface area contributed by atoms with E-state index in [0.717, 1.165) is 9.35 Å². The van der Waals surface area contributed by atoms with Crippen molar-refractivity contribution in [3.8, 4) is 0 Å². The number of carbonyl (C=O) groups is 3. The normalized spacial score (nSPS) is 11.7. The average Bonchev–Trinajstić information content (AvgIpc) is 2.77. The first-order valence-electron chi connectivity index (χ1n) is 5.60. The van der Waals surface area contributed by atoms with E-state index in [2.05, 4.69) is 26.6 Å². The Labute approximate surface area is 127 Å². The molecule has 0 spiro atoms. The summed E-state index contributed by atoms with van der Waals surface area (Å²) in [6, 6.07) is -0.0298. The van der Waals surface area contributed by atoms with Crippen molar-refractivity contribution >= 4 is 45.2 Å². The molecule has 1 aromatic heterocycles. The number of amides is 2. The molecule has 0 unspecified atom stereocenters. The summed E-state index contributed by atoms with van der Waals surface area (Å²) in [6.45, 7) is 0.271. The number of hydrogen-bond acceptors (Lipinski definition) is 4. The maximum absolute atomic E-state index is 11.5. The fourth-order valence-electron chi connectivity index (χ4n) is 1.35. The molecule has 110 valence electrons. The molecule has 0 radical (unpaired) electrons. The van der Waals surface area contributed by atoms with Crippen LogP contribution in [0.5, 0.6) is 0 Å². The van der Waals surface area contributed by atoms with Gasteiger partial charge in [-0.15, -0.1) is 11.3 Å². The van der Waals surface area contributed by atoms with Crippen molar-refractivity contribution in [3.05, 3.63) is 20.8 Å². The molecule has 0 saturated heterocycles. The Hall–Kier alpha value is -1.61. The molecular weight excluding hydrogens is 352 g/mol. The highest BCUT2D eigenvalue weighted by Crippen LogP contribution is 2.19. The monoisotopic (exact) mass is 364 g/mol. The summed E-state index contributed by atoms with van der Waals surface area (Å²) in [4.78, 5) is 33.7. The molecule has 1 aromatic rings. The SMILES string of the molecule is O=C(O)CC[C@H](NC(=O)NCc1cc(Br)cs1)C(=O)O. The van der Waals surface area contributed by atoms with Crippen LogP contribution in [0, 0.1) is 0 Å². The summed E-state index contributed by atoms with van der Waals surface area (Å²) >= 11 is 4.73. The van der Waals surface area contributed by atoms with E-state index in [1.165, 1.54) is 11.3 Å². The summed E-state index contributed by atoms with van der Waals surface area (Å²) in [5.41, 5.74) is 0. The maximum atomic E-state index is 11.5. The zero-order valence-electron chi connectivity index (χ0n) is 10.3. The third kappa shape index (κ3) is 6.02. The van der Waals surface area contributed by atoms with Crippen molar-refractivity contribution in [1.29, 1.82) is 0 Å². The number of carbonyl (C=O) groups excluding carboxylic acids is 1. The van der Waals surface area contributed by atoms with Crippen LogP contribution in [0.25, 0.3) is 0 Å². The standard InChI is InChI=1S/C11H13BrN2O5S/c12-6-3-7(20-5-6)4-13-11(19)14-8(10(17)18)1-2-9(15)16/h3,5,8H,1-2,4H2,(H,15,16)(H,17,18)(H2,13,14,19)/t8-/m0/s1. The molecule has 0 aliphatic carbocycles. The second-order valence-corrected chi connectivity index (χ2v) is 5.79. The van der Waals surface area contributed by atoms with Crippen LogP contribution in [0.1, 0.15) is 17.7 Å². The minimum Gasteiger partial charge on any atom is -0.481 e. The quantitative estimate of drug-likeness (QED) is 0.586. The lowest BCUT2D eigenvalue weighted by molar-refractivity contribution is -0.140. The molecule has 1 heterocycles. The van der Waals surface area contributed by atoms with Crippen LogP contribution in [0.15, 0.2) is 15.9 Å². The molecule has 0 bridgehead atoms. The second-order valence-electron chi connectivity index (χ2n) is 3.88. The van der Waals surface area contributed by atoms with Crippen molar-refractivity contribution < 1.29 is 24.6 Å². The van der Waals surface area contributed by atoms with Crippen LogP contribution in [-0.2, 0) is 16.1 Å². The van der Waals surface area contributed by atoms with Gasteiger partial charge in [-0.05, 0) is 28.4 Å². The topological polar surface area (TPSA) is 116 Å². The Morgan fingerprint density at radius 2 is 2.05 bits per heavy atom. The van der Waals surface area contributed by atoms with Crippen LogP contribution in [0.2, 0.25) is 0 Å². The first-order valence-corrected chi connectivity index (χ1v) is 7.27. The smallest absolute Gasteiger partial charge is 0.326 e. The number of urea groups is 1. The Bertz CT molecular complexity index is 505. The molecule has 0 aromatic carbocycles. The lowest BCUT2D eigenvalue weighted by Gasteiger charge is -2.13. The fourth-order valence-corrected chi connectivity index (χ4v) is 2.74. The van der Waals surface area contributed by atoms with Crippen LogP contribution >= 0.6 is 27.3 Å². The van der Waals surface area contributed by atoms with Crippen molar-refractivity contribution in [1.82, 2.24) is 10.6 Å². The Morgan fingerprint density at radius 3 is 2.55 bits per heavy atom. The van der Waals surface area contributed by atoms with Gasteiger partial charge in [-0.2, -0.15) is 0 Å². The second kappa shape index (κ2) is 7.85. The molecule has 0 aliphatic rings. The van der Waals surface area contributed by atoms with Crippen molar-refractivity contribution in [3.63, 3.8) is 0 Å². The van der Waals surface area contributed by atoms with Gasteiger partial charge in [0, 0.05) is 21.2 Å². The third-order valence-corrected chi connectivity index (χ3v) is 3.99. The molecule has 0 saturated carbocycles. The molecule has 9 heteroatoms. The summed E-state index contributed by atoms with van der Waals surface area (Å²) in [5, 5.41) is 24.0. The van der Waals surface area contributed by atoms with E-state index in [9.17, 15) is 14.4 Å². The predicted octanol–water partition coefficient (Wildman–Crippen LogP) is 1.63. The summed E-state index contributed by atoms with van der Waals surface area (Å²) in [5.74, 6) is -2.37. The minimum atomic E-state index is -1.26. The highest BCUT2D eigenvalue weighted by atomic mass is 79.9. The fraction of sp³-hybridized carbons (Fsp3) is 0.364. The van der Waals surface area contributed by atoms with Gasteiger partial charge in [-0.3, -0.25) is 4.79 Å². The van der Waals surface area contributed by atoms with E-state index in [1.807, 2.05) is 11.4 Å². The van der Waals surface area contributed by atoms with Gasteiger partial charge >= 0.3 is 18.0 Å².